The first-order valence-electron chi connectivity index (χ1n) is 8.72. The third-order valence-corrected chi connectivity index (χ3v) is 5.86. The zero-order valence-electron chi connectivity index (χ0n) is 15.9. The second-order valence-corrected chi connectivity index (χ2v) is 8.29. The molecule has 1 heterocycles. The molecule has 1 aliphatic rings. The number of nitrogens with one attached hydrogen (secondary N) is 4. The van der Waals surface area contributed by atoms with Crippen LogP contribution < -0.4 is 20.7 Å². The van der Waals surface area contributed by atoms with E-state index in [1.54, 1.807) is 13.2 Å². The standard InChI is InChI=1S/C17H28N4O4S.ClH/c1-12-10-13(6-7-19-12)17(22)21-16-11-14(26(23,24)18-2)4-5-15(16)20-8-9-25-3;/h4-5,11-13,18-20H,6-10H2,1-3H3,(H,21,22);1H/t12-,13-;/m0./s1. The summed E-state index contributed by atoms with van der Waals surface area (Å²) in [6.45, 7) is 3.89. The minimum absolute atomic E-state index is 0. The molecule has 4 N–H and O–H groups in total. The van der Waals surface area contributed by atoms with Crippen LogP contribution in [0.25, 0.3) is 0 Å². The van der Waals surface area contributed by atoms with Gasteiger partial charge in [0.2, 0.25) is 15.9 Å². The molecule has 1 amide bonds. The molecule has 0 aliphatic carbocycles. The zero-order valence-corrected chi connectivity index (χ0v) is 17.5. The van der Waals surface area contributed by atoms with Crippen molar-refractivity contribution >= 4 is 39.7 Å². The fourth-order valence-electron chi connectivity index (χ4n) is 2.96. The maximum absolute atomic E-state index is 12.7. The van der Waals surface area contributed by atoms with E-state index < -0.39 is 10.0 Å². The lowest BCUT2D eigenvalue weighted by Gasteiger charge is -2.27. The maximum atomic E-state index is 12.7. The Labute approximate surface area is 167 Å². The van der Waals surface area contributed by atoms with Gasteiger partial charge in [-0.15, -0.1) is 12.4 Å². The largest absolute Gasteiger partial charge is 0.383 e. The third-order valence-electron chi connectivity index (χ3n) is 4.44. The molecule has 2 rings (SSSR count). The van der Waals surface area contributed by atoms with Gasteiger partial charge in [-0.25, -0.2) is 13.1 Å². The van der Waals surface area contributed by atoms with Gasteiger partial charge >= 0.3 is 0 Å². The van der Waals surface area contributed by atoms with Gasteiger partial charge in [-0.05, 0) is 51.6 Å². The van der Waals surface area contributed by atoms with E-state index >= 15 is 0 Å². The van der Waals surface area contributed by atoms with Crippen LogP contribution in [0.1, 0.15) is 19.8 Å². The normalized spacial score (nSPS) is 19.8. The molecule has 0 bridgehead atoms. The van der Waals surface area contributed by atoms with E-state index in [1.165, 1.54) is 19.2 Å². The average molecular weight is 421 g/mol. The van der Waals surface area contributed by atoms with Crippen LogP contribution in [0.5, 0.6) is 0 Å². The number of benzene rings is 1. The van der Waals surface area contributed by atoms with Crippen LogP contribution in [-0.4, -0.2) is 54.2 Å². The summed E-state index contributed by atoms with van der Waals surface area (Å²) in [6, 6.07) is 4.92. The van der Waals surface area contributed by atoms with Crippen LogP contribution in [0.15, 0.2) is 23.1 Å². The summed E-state index contributed by atoms with van der Waals surface area (Å²) < 4.78 is 31.5. The molecule has 2 atom stereocenters. The van der Waals surface area contributed by atoms with E-state index in [9.17, 15) is 13.2 Å². The molecule has 10 heteroatoms. The number of hydrogen-bond donors (Lipinski definition) is 4. The molecule has 0 aromatic heterocycles. The monoisotopic (exact) mass is 420 g/mol. The summed E-state index contributed by atoms with van der Waals surface area (Å²) in [4.78, 5) is 12.8. The highest BCUT2D eigenvalue weighted by Gasteiger charge is 2.25. The highest BCUT2D eigenvalue weighted by molar-refractivity contribution is 7.89. The van der Waals surface area contributed by atoms with Crippen molar-refractivity contribution in [2.24, 2.45) is 5.92 Å². The molecule has 0 unspecified atom stereocenters. The SMILES string of the molecule is CNS(=O)(=O)c1ccc(NCCOC)c(NC(=O)[C@H]2CCN[C@@H](C)C2)c1.Cl. The molecule has 27 heavy (non-hydrogen) atoms. The number of carbonyl (C=O) groups is 1. The molecule has 1 aromatic carbocycles. The Morgan fingerprint density at radius 2 is 2.07 bits per heavy atom. The molecule has 0 saturated carbocycles. The van der Waals surface area contributed by atoms with Crippen LogP contribution in [0.3, 0.4) is 0 Å². The van der Waals surface area contributed by atoms with Crippen molar-refractivity contribution in [1.29, 1.82) is 0 Å². The fraction of sp³-hybridized carbons (Fsp3) is 0.588. The number of amides is 1. The summed E-state index contributed by atoms with van der Waals surface area (Å²) in [5.41, 5.74) is 1.11. The number of sulfonamides is 1. The van der Waals surface area contributed by atoms with Gasteiger partial charge in [0.25, 0.3) is 0 Å². The lowest BCUT2D eigenvalue weighted by atomic mass is 9.92. The second-order valence-electron chi connectivity index (χ2n) is 6.40. The van der Waals surface area contributed by atoms with Gasteiger partial charge < -0.3 is 20.7 Å². The summed E-state index contributed by atoms with van der Waals surface area (Å²) in [5, 5.41) is 9.38. The van der Waals surface area contributed by atoms with E-state index in [1.807, 2.05) is 0 Å². The van der Waals surface area contributed by atoms with Gasteiger partial charge in [0, 0.05) is 25.6 Å². The van der Waals surface area contributed by atoms with Crippen molar-refractivity contribution in [2.75, 3.05) is 44.5 Å². The van der Waals surface area contributed by atoms with Gasteiger partial charge in [0.1, 0.15) is 0 Å². The Morgan fingerprint density at radius 3 is 2.70 bits per heavy atom. The van der Waals surface area contributed by atoms with Gasteiger partial charge in [0.05, 0.1) is 22.9 Å². The van der Waals surface area contributed by atoms with Crippen molar-refractivity contribution in [2.45, 2.75) is 30.7 Å². The molecule has 1 aromatic rings. The van der Waals surface area contributed by atoms with Gasteiger partial charge in [0.15, 0.2) is 0 Å². The molecule has 0 radical (unpaired) electrons. The second kappa shape index (κ2) is 10.8. The van der Waals surface area contributed by atoms with Crippen molar-refractivity contribution in [3.63, 3.8) is 0 Å². The molecule has 0 spiro atoms. The van der Waals surface area contributed by atoms with Gasteiger partial charge in [-0.3, -0.25) is 4.79 Å². The molecule has 154 valence electrons. The first kappa shape index (κ1) is 23.6. The number of rotatable bonds is 8. The number of halogens is 1. The van der Waals surface area contributed by atoms with E-state index in [0.29, 0.717) is 24.5 Å². The number of methoxy groups -OCH3 is 1. The lowest BCUT2D eigenvalue weighted by molar-refractivity contribution is -0.120. The number of piperidine rings is 1. The predicted octanol–water partition coefficient (Wildman–Crippen LogP) is 1.40. The van der Waals surface area contributed by atoms with Crippen LogP contribution in [-0.2, 0) is 19.6 Å². The molecular formula is C17H29ClN4O4S. The molecule has 1 saturated heterocycles. The Balaban J connectivity index is 0.00000364. The maximum Gasteiger partial charge on any atom is 0.240 e. The van der Waals surface area contributed by atoms with Crippen molar-refractivity contribution in [3.8, 4) is 0 Å². The highest BCUT2D eigenvalue weighted by atomic mass is 35.5. The van der Waals surface area contributed by atoms with Crippen LogP contribution in [0.2, 0.25) is 0 Å². The Bertz CT molecular complexity index is 730. The molecule has 1 fully saturated rings. The lowest BCUT2D eigenvalue weighted by Crippen LogP contribution is -2.40. The summed E-state index contributed by atoms with van der Waals surface area (Å²) in [6.07, 6.45) is 1.52. The van der Waals surface area contributed by atoms with E-state index in [-0.39, 0.29) is 35.2 Å². The van der Waals surface area contributed by atoms with E-state index in [0.717, 1.165) is 19.4 Å². The molecule has 1 aliphatic heterocycles. The fourth-order valence-corrected chi connectivity index (χ4v) is 3.71. The van der Waals surface area contributed by atoms with Crippen molar-refractivity contribution in [1.82, 2.24) is 10.0 Å². The van der Waals surface area contributed by atoms with E-state index in [4.69, 9.17) is 4.74 Å². The average Bonchev–Trinajstić information content (AvgIpc) is 2.63. The van der Waals surface area contributed by atoms with Crippen molar-refractivity contribution < 1.29 is 17.9 Å². The number of carbonyl (C=O) groups excluding carboxylic acids is 1. The first-order valence-corrected chi connectivity index (χ1v) is 10.2. The highest BCUT2D eigenvalue weighted by Crippen LogP contribution is 2.27. The van der Waals surface area contributed by atoms with Crippen LogP contribution >= 0.6 is 12.4 Å². The Morgan fingerprint density at radius 1 is 1.33 bits per heavy atom. The minimum atomic E-state index is -3.60. The number of anilines is 2. The van der Waals surface area contributed by atoms with Gasteiger partial charge in [-0.1, -0.05) is 0 Å². The predicted molar refractivity (Wildman–Crippen MR) is 109 cm³/mol. The smallest absolute Gasteiger partial charge is 0.240 e. The zero-order chi connectivity index (χ0) is 19.2. The van der Waals surface area contributed by atoms with Crippen LogP contribution in [0.4, 0.5) is 11.4 Å². The van der Waals surface area contributed by atoms with Gasteiger partial charge in [-0.2, -0.15) is 0 Å². The number of ether oxygens (including phenoxy) is 1. The minimum Gasteiger partial charge on any atom is -0.383 e. The van der Waals surface area contributed by atoms with E-state index in [2.05, 4.69) is 27.6 Å². The quantitative estimate of drug-likeness (QED) is 0.473. The Hall–Kier alpha value is -1.39. The summed E-state index contributed by atoms with van der Waals surface area (Å²) >= 11 is 0. The van der Waals surface area contributed by atoms with Crippen molar-refractivity contribution in [3.05, 3.63) is 18.2 Å². The summed E-state index contributed by atoms with van der Waals surface area (Å²) in [7, 11) is -0.637. The third kappa shape index (κ3) is 6.62. The topological polar surface area (TPSA) is 109 Å². The Kier molecular flexibility index (Phi) is 9.48. The summed E-state index contributed by atoms with van der Waals surface area (Å²) in [5.74, 6) is -0.185. The first-order chi connectivity index (χ1) is 12.4. The molecule has 8 nitrogen and oxygen atoms in total. The number of hydrogen-bond acceptors (Lipinski definition) is 6. The van der Waals surface area contributed by atoms with Crippen LogP contribution in [0, 0.1) is 5.92 Å². The molecular weight excluding hydrogens is 392 g/mol.